The minimum absolute atomic E-state index is 0.252. The summed E-state index contributed by atoms with van der Waals surface area (Å²) in [5.74, 6) is -2.39. The molecular formula is C14H14N2O4S2. The molecular weight excluding hydrogens is 324 g/mol. The van der Waals surface area contributed by atoms with E-state index in [9.17, 15) is 9.59 Å². The first-order valence-corrected chi connectivity index (χ1v) is 7.92. The van der Waals surface area contributed by atoms with Gasteiger partial charge in [0.2, 0.25) is 0 Å². The van der Waals surface area contributed by atoms with E-state index in [0.717, 1.165) is 22.3 Å². The number of carboxylic acid groups (broad SMARTS) is 1. The van der Waals surface area contributed by atoms with E-state index in [1.54, 1.807) is 18.2 Å². The van der Waals surface area contributed by atoms with E-state index < -0.39 is 17.9 Å². The monoisotopic (exact) mass is 338 g/mol. The number of rotatable bonds is 7. The molecule has 3 N–H and O–H groups in total. The summed E-state index contributed by atoms with van der Waals surface area (Å²) in [7, 11) is 0. The van der Waals surface area contributed by atoms with E-state index in [2.05, 4.69) is 11.6 Å². The Labute approximate surface area is 135 Å². The lowest BCUT2D eigenvalue weighted by molar-refractivity contribution is -0.145. The number of nitrogens with zero attached hydrogens (tertiary/aromatic N) is 1. The van der Waals surface area contributed by atoms with Gasteiger partial charge in [0.15, 0.2) is 4.34 Å². The molecule has 0 radical (unpaired) electrons. The predicted molar refractivity (Wildman–Crippen MR) is 86.5 cm³/mol. The lowest BCUT2D eigenvalue weighted by Gasteiger charge is -2.09. The summed E-state index contributed by atoms with van der Waals surface area (Å²) in [6.07, 6.45) is 1.46. The smallest absolute Gasteiger partial charge is 0.322 e. The molecule has 0 aliphatic carbocycles. The van der Waals surface area contributed by atoms with Gasteiger partial charge in [0.25, 0.3) is 0 Å². The maximum Gasteiger partial charge on any atom is 0.322 e. The van der Waals surface area contributed by atoms with Crippen molar-refractivity contribution in [3.05, 3.63) is 30.9 Å². The van der Waals surface area contributed by atoms with Crippen molar-refractivity contribution in [3.8, 4) is 0 Å². The Balaban J connectivity index is 2.01. The number of anilines is 1. The molecule has 8 heteroatoms. The Morgan fingerprint density at radius 1 is 1.55 bits per heavy atom. The van der Waals surface area contributed by atoms with Crippen LogP contribution in [0.2, 0.25) is 0 Å². The molecule has 0 amide bonds. The van der Waals surface area contributed by atoms with Crippen LogP contribution < -0.4 is 5.73 Å². The van der Waals surface area contributed by atoms with Gasteiger partial charge in [0.1, 0.15) is 12.0 Å². The van der Waals surface area contributed by atoms with Crippen molar-refractivity contribution in [2.75, 3.05) is 5.73 Å². The zero-order valence-electron chi connectivity index (χ0n) is 11.5. The largest absolute Gasteiger partial charge is 0.481 e. The van der Waals surface area contributed by atoms with Gasteiger partial charge >= 0.3 is 11.9 Å². The SMILES string of the molecule is C=CCC(CC(=O)O)C(=O)OSc1nc2ccc(N)cc2s1. The maximum absolute atomic E-state index is 11.9. The molecule has 0 spiro atoms. The Kier molecular flexibility index (Phi) is 5.40. The van der Waals surface area contributed by atoms with Gasteiger partial charge in [-0.25, -0.2) is 4.98 Å². The van der Waals surface area contributed by atoms with Gasteiger partial charge in [-0.2, -0.15) is 0 Å². The van der Waals surface area contributed by atoms with Crippen molar-refractivity contribution >= 4 is 51.2 Å². The number of hydrogen-bond donors (Lipinski definition) is 2. The number of fused-ring (bicyclic) bond motifs is 1. The van der Waals surface area contributed by atoms with Crippen molar-refractivity contribution in [2.45, 2.75) is 17.2 Å². The first-order valence-electron chi connectivity index (χ1n) is 6.36. The molecule has 22 heavy (non-hydrogen) atoms. The average Bonchev–Trinajstić information content (AvgIpc) is 2.85. The number of aromatic nitrogens is 1. The molecule has 0 bridgehead atoms. The molecule has 1 heterocycles. The van der Waals surface area contributed by atoms with Crippen LogP contribution in [0.4, 0.5) is 5.69 Å². The summed E-state index contributed by atoms with van der Waals surface area (Å²) in [4.78, 5) is 27.0. The average molecular weight is 338 g/mol. The highest BCUT2D eigenvalue weighted by atomic mass is 32.2. The molecule has 0 fully saturated rings. The van der Waals surface area contributed by atoms with Crippen molar-refractivity contribution in [1.29, 1.82) is 0 Å². The lowest BCUT2D eigenvalue weighted by atomic mass is 10.0. The van der Waals surface area contributed by atoms with Crippen LogP contribution in [-0.4, -0.2) is 22.0 Å². The van der Waals surface area contributed by atoms with Crippen LogP contribution in [0.5, 0.6) is 0 Å². The van der Waals surface area contributed by atoms with E-state index >= 15 is 0 Å². The number of allylic oxidation sites excluding steroid dienone is 1. The second-order valence-electron chi connectivity index (χ2n) is 4.51. The first-order chi connectivity index (χ1) is 10.5. The summed E-state index contributed by atoms with van der Waals surface area (Å²) in [6, 6.07) is 5.33. The molecule has 1 aromatic carbocycles. The first kappa shape index (κ1) is 16.3. The fourth-order valence-corrected chi connectivity index (χ4v) is 3.45. The van der Waals surface area contributed by atoms with Crippen LogP contribution in [-0.2, 0) is 13.8 Å². The summed E-state index contributed by atoms with van der Waals surface area (Å²) < 4.78 is 6.54. The number of carbonyl (C=O) groups is 2. The third-order valence-corrected chi connectivity index (χ3v) is 4.54. The molecule has 1 aromatic heterocycles. The molecule has 0 aliphatic rings. The van der Waals surface area contributed by atoms with Crippen LogP contribution >= 0.6 is 23.4 Å². The van der Waals surface area contributed by atoms with E-state index in [4.69, 9.17) is 15.0 Å². The number of thiazole rings is 1. The Morgan fingerprint density at radius 2 is 2.32 bits per heavy atom. The number of hydrogen-bond acceptors (Lipinski definition) is 7. The Morgan fingerprint density at radius 3 is 3.00 bits per heavy atom. The third-order valence-electron chi connectivity index (χ3n) is 2.79. The summed E-state index contributed by atoms with van der Waals surface area (Å²) in [6.45, 7) is 3.52. The highest BCUT2D eigenvalue weighted by Crippen LogP contribution is 2.32. The molecule has 2 aromatic rings. The number of carboxylic acids is 1. The van der Waals surface area contributed by atoms with Gasteiger partial charge in [0.05, 0.1) is 22.6 Å². The quantitative estimate of drug-likeness (QED) is 0.454. The second kappa shape index (κ2) is 7.28. The zero-order valence-corrected chi connectivity index (χ0v) is 13.2. The highest BCUT2D eigenvalue weighted by Gasteiger charge is 2.23. The molecule has 2 rings (SSSR count). The molecule has 0 saturated carbocycles. The molecule has 6 nitrogen and oxygen atoms in total. The van der Waals surface area contributed by atoms with E-state index in [0.29, 0.717) is 10.0 Å². The van der Waals surface area contributed by atoms with Gasteiger partial charge in [-0.1, -0.05) is 6.08 Å². The van der Waals surface area contributed by atoms with Crippen LogP contribution in [0.3, 0.4) is 0 Å². The summed E-state index contributed by atoms with van der Waals surface area (Å²) >= 11 is 2.18. The van der Waals surface area contributed by atoms with Gasteiger partial charge in [-0.15, -0.1) is 17.9 Å². The van der Waals surface area contributed by atoms with Gasteiger partial charge < -0.3 is 15.0 Å². The molecule has 116 valence electrons. The number of aliphatic carboxylic acids is 1. The van der Waals surface area contributed by atoms with Gasteiger partial charge in [0, 0.05) is 5.69 Å². The minimum Gasteiger partial charge on any atom is -0.481 e. The minimum atomic E-state index is -1.05. The number of carbonyl (C=O) groups excluding carboxylic acids is 1. The van der Waals surface area contributed by atoms with Gasteiger partial charge in [-0.3, -0.25) is 9.59 Å². The lowest BCUT2D eigenvalue weighted by Crippen LogP contribution is -2.18. The normalized spacial score (nSPS) is 12.0. The zero-order chi connectivity index (χ0) is 16.1. The summed E-state index contributed by atoms with van der Waals surface area (Å²) in [5.41, 5.74) is 7.10. The van der Waals surface area contributed by atoms with Crippen LogP contribution in [0.1, 0.15) is 12.8 Å². The molecule has 1 unspecified atom stereocenters. The van der Waals surface area contributed by atoms with Crippen LogP contribution in [0, 0.1) is 5.92 Å². The number of benzene rings is 1. The topological polar surface area (TPSA) is 103 Å². The maximum atomic E-state index is 11.9. The molecule has 0 aliphatic heterocycles. The van der Waals surface area contributed by atoms with Crippen LogP contribution in [0.15, 0.2) is 35.2 Å². The van der Waals surface area contributed by atoms with Crippen LogP contribution in [0.25, 0.3) is 10.2 Å². The van der Waals surface area contributed by atoms with E-state index in [-0.39, 0.29) is 12.8 Å². The fourth-order valence-electron chi connectivity index (χ4n) is 1.78. The molecule has 0 saturated heterocycles. The number of nitrogen functional groups attached to an aromatic ring is 1. The molecule has 1 atom stereocenters. The highest BCUT2D eigenvalue weighted by molar-refractivity contribution is 7.97. The second-order valence-corrected chi connectivity index (χ2v) is 6.52. The van der Waals surface area contributed by atoms with E-state index in [1.165, 1.54) is 17.4 Å². The Bertz CT molecular complexity index is 714. The fraction of sp³-hybridized carbons (Fsp3) is 0.214. The van der Waals surface area contributed by atoms with Crippen molar-refractivity contribution in [1.82, 2.24) is 4.98 Å². The van der Waals surface area contributed by atoms with Crippen molar-refractivity contribution in [3.63, 3.8) is 0 Å². The Hall–Kier alpha value is -2.06. The standard InChI is InChI=1S/C14H14N2O4S2/c1-2-3-8(6-12(17)18)13(19)20-22-14-16-10-5-4-9(15)7-11(10)21-14/h2,4-5,7-8H,1,3,6,15H2,(H,17,18). The van der Waals surface area contributed by atoms with Gasteiger partial charge in [-0.05, 0) is 24.6 Å². The number of nitrogens with two attached hydrogens (primary N) is 1. The van der Waals surface area contributed by atoms with E-state index in [1.807, 2.05) is 0 Å². The van der Waals surface area contributed by atoms with Crippen molar-refractivity contribution < 1.29 is 18.9 Å². The predicted octanol–water partition coefficient (Wildman–Crippen LogP) is 3.10. The summed E-state index contributed by atoms with van der Waals surface area (Å²) in [5, 5.41) is 8.79. The van der Waals surface area contributed by atoms with Crippen molar-refractivity contribution in [2.24, 2.45) is 5.92 Å². The third kappa shape index (κ3) is 4.22.